The molecule has 0 heterocycles. The second kappa shape index (κ2) is 7.99. The number of nitrogens with one attached hydrogen (secondary N) is 1. The topological polar surface area (TPSA) is 32.3 Å². The van der Waals surface area contributed by atoms with Crippen molar-refractivity contribution < 1.29 is 4.79 Å². The molecule has 0 saturated heterocycles. The molecule has 0 atom stereocenters. The average Bonchev–Trinajstić information content (AvgIpc) is 2.52. The molecule has 1 aromatic rings. The number of nitrogens with zero attached hydrogens (tertiary/aromatic N) is 1. The maximum atomic E-state index is 11.8. The number of amides is 1. The summed E-state index contributed by atoms with van der Waals surface area (Å²) in [4.78, 5) is 14.1. The lowest BCUT2D eigenvalue weighted by atomic mass is 9.85. The van der Waals surface area contributed by atoms with Crippen LogP contribution < -0.4 is 5.32 Å². The van der Waals surface area contributed by atoms with Gasteiger partial charge in [-0.25, -0.2) is 0 Å². The van der Waals surface area contributed by atoms with Crippen molar-refractivity contribution in [2.75, 3.05) is 20.6 Å². The molecule has 1 aromatic carbocycles. The summed E-state index contributed by atoms with van der Waals surface area (Å²) in [6, 6.07) is 10.6. The Hall–Kier alpha value is -1.61. The Labute approximate surface area is 128 Å². The molecule has 0 aliphatic heterocycles. The zero-order valence-electron chi connectivity index (χ0n) is 13.1. The largest absolute Gasteiger partial charge is 0.352 e. The zero-order valence-corrected chi connectivity index (χ0v) is 13.1. The van der Waals surface area contributed by atoms with E-state index in [9.17, 15) is 4.79 Å². The summed E-state index contributed by atoms with van der Waals surface area (Å²) in [6.07, 6.45) is 8.40. The van der Waals surface area contributed by atoms with Crippen molar-refractivity contribution in [2.45, 2.75) is 31.7 Å². The molecule has 0 aromatic heterocycles. The maximum absolute atomic E-state index is 11.8. The molecule has 0 spiro atoms. The van der Waals surface area contributed by atoms with E-state index >= 15 is 0 Å². The van der Waals surface area contributed by atoms with Crippen molar-refractivity contribution in [2.24, 2.45) is 5.92 Å². The minimum Gasteiger partial charge on any atom is -0.352 e. The van der Waals surface area contributed by atoms with Crippen LogP contribution in [0.2, 0.25) is 0 Å². The Morgan fingerprint density at radius 2 is 1.86 bits per heavy atom. The van der Waals surface area contributed by atoms with Gasteiger partial charge < -0.3 is 10.2 Å². The van der Waals surface area contributed by atoms with E-state index in [-0.39, 0.29) is 5.91 Å². The quantitative estimate of drug-likeness (QED) is 0.844. The van der Waals surface area contributed by atoms with Gasteiger partial charge in [0, 0.05) is 18.7 Å². The highest BCUT2D eigenvalue weighted by atomic mass is 16.1. The van der Waals surface area contributed by atoms with Gasteiger partial charge in [-0.15, -0.1) is 0 Å². The SMILES string of the molecule is CN(C)C1CCC(CNC(=O)C=Cc2ccccc2)CC1. The lowest BCUT2D eigenvalue weighted by Crippen LogP contribution is -2.36. The van der Waals surface area contributed by atoms with E-state index in [2.05, 4.69) is 24.3 Å². The fourth-order valence-corrected chi connectivity index (χ4v) is 2.91. The predicted molar refractivity (Wildman–Crippen MR) is 87.9 cm³/mol. The van der Waals surface area contributed by atoms with Crippen LogP contribution in [0.4, 0.5) is 0 Å². The van der Waals surface area contributed by atoms with Gasteiger partial charge in [0.05, 0.1) is 0 Å². The third kappa shape index (κ3) is 5.35. The van der Waals surface area contributed by atoms with Crippen molar-refractivity contribution in [3.8, 4) is 0 Å². The monoisotopic (exact) mass is 286 g/mol. The normalized spacial score (nSPS) is 22.6. The zero-order chi connectivity index (χ0) is 15.1. The van der Waals surface area contributed by atoms with E-state index in [1.807, 2.05) is 36.4 Å². The lowest BCUT2D eigenvalue weighted by Gasteiger charge is -2.32. The molecule has 3 heteroatoms. The minimum atomic E-state index is 0.00795. The van der Waals surface area contributed by atoms with Gasteiger partial charge in [-0.3, -0.25) is 4.79 Å². The molecule has 0 unspecified atom stereocenters. The van der Waals surface area contributed by atoms with E-state index in [1.165, 1.54) is 25.7 Å². The van der Waals surface area contributed by atoms with Crippen molar-refractivity contribution in [3.05, 3.63) is 42.0 Å². The van der Waals surface area contributed by atoms with E-state index in [0.29, 0.717) is 5.92 Å². The Bertz CT molecular complexity index is 459. The van der Waals surface area contributed by atoms with Crippen molar-refractivity contribution in [3.63, 3.8) is 0 Å². The smallest absolute Gasteiger partial charge is 0.244 e. The molecule has 1 aliphatic rings. The standard InChI is InChI=1S/C18H26N2O/c1-20(2)17-11-8-16(9-12-17)14-19-18(21)13-10-15-6-4-3-5-7-15/h3-7,10,13,16-17H,8-9,11-12,14H2,1-2H3,(H,19,21). The fraction of sp³-hybridized carbons (Fsp3) is 0.500. The molecule has 114 valence electrons. The van der Waals surface area contributed by atoms with Gasteiger partial charge >= 0.3 is 0 Å². The molecule has 1 aliphatic carbocycles. The lowest BCUT2D eigenvalue weighted by molar-refractivity contribution is -0.116. The first-order valence-electron chi connectivity index (χ1n) is 7.82. The van der Waals surface area contributed by atoms with Gasteiger partial charge in [0.15, 0.2) is 0 Å². The molecule has 3 nitrogen and oxygen atoms in total. The molecule has 2 rings (SSSR count). The van der Waals surface area contributed by atoms with E-state index in [1.54, 1.807) is 6.08 Å². The summed E-state index contributed by atoms with van der Waals surface area (Å²) >= 11 is 0. The van der Waals surface area contributed by atoms with E-state index in [0.717, 1.165) is 18.2 Å². The van der Waals surface area contributed by atoms with Gasteiger partial charge in [0.1, 0.15) is 0 Å². The van der Waals surface area contributed by atoms with Crippen molar-refractivity contribution in [1.82, 2.24) is 10.2 Å². The van der Waals surface area contributed by atoms with Crippen LogP contribution in [0.5, 0.6) is 0 Å². The maximum Gasteiger partial charge on any atom is 0.244 e. The van der Waals surface area contributed by atoms with Crippen LogP contribution in [0.3, 0.4) is 0 Å². The molecule has 1 fully saturated rings. The highest BCUT2D eigenvalue weighted by Gasteiger charge is 2.22. The first-order chi connectivity index (χ1) is 10.1. The fourth-order valence-electron chi connectivity index (χ4n) is 2.91. The van der Waals surface area contributed by atoms with Crippen LogP contribution in [0.15, 0.2) is 36.4 Å². The van der Waals surface area contributed by atoms with E-state index in [4.69, 9.17) is 0 Å². The summed E-state index contributed by atoms with van der Waals surface area (Å²) in [7, 11) is 4.31. The molecule has 1 saturated carbocycles. The van der Waals surface area contributed by atoms with Gasteiger partial charge in [0.25, 0.3) is 0 Å². The van der Waals surface area contributed by atoms with Crippen LogP contribution >= 0.6 is 0 Å². The Kier molecular flexibility index (Phi) is 6.00. The predicted octanol–water partition coefficient (Wildman–Crippen LogP) is 2.94. The third-order valence-corrected chi connectivity index (χ3v) is 4.34. The van der Waals surface area contributed by atoms with Crippen LogP contribution in [-0.2, 0) is 4.79 Å². The molecule has 0 bridgehead atoms. The van der Waals surface area contributed by atoms with Crippen LogP contribution in [-0.4, -0.2) is 37.5 Å². The van der Waals surface area contributed by atoms with Gasteiger partial charge in [-0.1, -0.05) is 30.3 Å². The molecule has 21 heavy (non-hydrogen) atoms. The molecular formula is C18H26N2O. The minimum absolute atomic E-state index is 0.00795. The Balaban J connectivity index is 1.69. The highest BCUT2D eigenvalue weighted by molar-refractivity contribution is 5.91. The molecule has 0 radical (unpaired) electrons. The van der Waals surface area contributed by atoms with Crippen LogP contribution in [0.25, 0.3) is 6.08 Å². The van der Waals surface area contributed by atoms with Crippen molar-refractivity contribution >= 4 is 12.0 Å². The Morgan fingerprint density at radius 3 is 2.48 bits per heavy atom. The summed E-state index contributed by atoms with van der Waals surface area (Å²) in [6.45, 7) is 0.804. The van der Waals surface area contributed by atoms with Crippen LogP contribution in [0, 0.1) is 5.92 Å². The van der Waals surface area contributed by atoms with Crippen molar-refractivity contribution in [1.29, 1.82) is 0 Å². The number of hydrogen-bond donors (Lipinski definition) is 1. The first-order valence-corrected chi connectivity index (χ1v) is 7.82. The van der Waals surface area contributed by atoms with Gasteiger partial charge in [0.2, 0.25) is 5.91 Å². The second-order valence-corrected chi connectivity index (χ2v) is 6.13. The average molecular weight is 286 g/mol. The number of carbonyl (C=O) groups is 1. The number of rotatable bonds is 5. The summed E-state index contributed by atoms with van der Waals surface area (Å²) in [5.74, 6) is 0.642. The van der Waals surface area contributed by atoms with E-state index < -0.39 is 0 Å². The highest BCUT2D eigenvalue weighted by Crippen LogP contribution is 2.25. The van der Waals surface area contributed by atoms with Gasteiger partial charge in [-0.2, -0.15) is 0 Å². The molecular weight excluding hydrogens is 260 g/mol. The summed E-state index contributed by atoms with van der Waals surface area (Å²) < 4.78 is 0. The third-order valence-electron chi connectivity index (χ3n) is 4.34. The number of carbonyl (C=O) groups excluding carboxylic acids is 1. The molecule has 1 N–H and O–H groups in total. The second-order valence-electron chi connectivity index (χ2n) is 6.13. The number of hydrogen-bond acceptors (Lipinski definition) is 2. The van der Waals surface area contributed by atoms with Crippen LogP contribution in [0.1, 0.15) is 31.2 Å². The number of benzene rings is 1. The summed E-state index contributed by atoms with van der Waals surface area (Å²) in [5.41, 5.74) is 1.05. The first kappa shape index (κ1) is 15.8. The van der Waals surface area contributed by atoms with Gasteiger partial charge in [-0.05, 0) is 57.3 Å². The summed E-state index contributed by atoms with van der Waals surface area (Å²) in [5, 5.41) is 3.03. The molecule has 1 amide bonds. The Morgan fingerprint density at radius 1 is 1.19 bits per heavy atom.